The van der Waals surface area contributed by atoms with Crippen LogP contribution in [-0.4, -0.2) is 23.0 Å². The highest BCUT2D eigenvalue weighted by Gasteiger charge is 2.07. The van der Waals surface area contributed by atoms with Gasteiger partial charge in [0.2, 0.25) is 0 Å². The second kappa shape index (κ2) is 3.65. The monoisotopic (exact) mass is 202 g/mol. The van der Waals surface area contributed by atoms with Gasteiger partial charge in [-0.05, 0) is 19.1 Å². The Morgan fingerprint density at radius 3 is 2.93 bits per heavy atom. The summed E-state index contributed by atoms with van der Waals surface area (Å²) in [6.45, 7) is 1.91. The normalized spacial score (nSPS) is 10.3. The van der Waals surface area contributed by atoms with Crippen LogP contribution >= 0.6 is 0 Å². The van der Waals surface area contributed by atoms with E-state index in [1.54, 1.807) is 12.3 Å². The first-order chi connectivity index (χ1) is 7.20. The van der Waals surface area contributed by atoms with Crippen molar-refractivity contribution in [1.82, 2.24) is 9.97 Å². The molecule has 4 heteroatoms. The van der Waals surface area contributed by atoms with Crippen molar-refractivity contribution in [2.45, 2.75) is 6.92 Å². The van der Waals surface area contributed by atoms with E-state index in [9.17, 15) is 4.79 Å². The predicted octanol–water partition coefficient (Wildman–Crippen LogP) is 1.72. The molecule has 0 spiro atoms. The molecule has 0 N–H and O–H groups in total. The molecule has 0 aliphatic heterocycles. The van der Waals surface area contributed by atoms with Gasteiger partial charge in [-0.3, -0.25) is 4.98 Å². The lowest BCUT2D eigenvalue weighted by molar-refractivity contribution is 0.0594. The van der Waals surface area contributed by atoms with E-state index in [1.165, 1.54) is 7.11 Å². The number of carbonyl (C=O) groups excluding carboxylic acids is 1. The van der Waals surface area contributed by atoms with Crippen molar-refractivity contribution in [2.24, 2.45) is 0 Å². The molecule has 0 bridgehead atoms. The van der Waals surface area contributed by atoms with Gasteiger partial charge in [0.15, 0.2) is 0 Å². The first-order valence-electron chi connectivity index (χ1n) is 4.52. The molecular formula is C11H10N2O2. The number of methoxy groups -OCH3 is 1. The fourth-order valence-electron chi connectivity index (χ4n) is 1.34. The minimum absolute atomic E-state index is 0.302. The van der Waals surface area contributed by atoms with Gasteiger partial charge in [0.25, 0.3) is 0 Å². The second-order valence-electron chi connectivity index (χ2n) is 3.21. The minimum Gasteiger partial charge on any atom is -0.464 e. The zero-order valence-electron chi connectivity index (χ0n) is 8.52. The number of rotatable bonds is 1. The standard InChI is InChI=1S/C11H10N2O2/c1-7-3-4-8-5-9(11(14)15-2)12-6-10(8)13-7/h3-6H,1-2H3. The summed E-state index contributed by atoms with van der Waals surface area (Å²) in [5, 5.41) is 0.885. The number of hydrogen-bond acceptors (Lipinski definition) is 4. The number of aromatic nitrogens is 2. The average molecular weight is 202 g/mol. The summed E-state index contributed by atoms with van der Waals surface area (Å²) >= 11 is 0. The molecule has 76 valence electrons. The maximum atomic E-state index is 11.2. The molecule has 0 fully saturated rings. The van der Waals surface area contributed by atoms with Crippen LogP contribution in [0.1, 0.15) is 16.2 Å². The van der Waals surface area contributed by atoms with E-state index < -0.39 is 5.97 Å². The number of ether oxygens (including phenoxy) is 1. The lowest BCUT2D eigenvalue weighted by atomic mass is 10.2. The highest BCUT2D eigenvalue weighted by molar-refractivity contribution is 5.91. The van der Waals surface area contributed by atoms with Crippen LogP contribution in [0.15, 0.2) is 24.4 Å². The van der Waals surface area contributed by atoms with Gasteiger partial charge in [-0.15, -0.1) is 0 Å². The lowest BCUT2D eigenvalue weighted by Crippen LogP contribution is -2.03. The fourth-order valence-corrected chi connectivity index (χ4v) is 1.34. The van der Waals surface area contributed by atoms with Crippen LogP contribution in [0.25, 0.3) is 10.9 Å². The SMILES string of the molecule is COC(=O)c1cc2ccc(C)nc2cn1. The molecule has 2 aromatic heterocycles. The zero-order valence-corrected chi connectivity index (χ0v) is 8.52. The second-order valence-corrected chi connectivity index (χ2v) is 3.21. The van der Waals surface area contributed by atoms with Crippen LogP contribution in [-0.2, 0) is 4.74 Å². The van der Waals surface area contributed by atoms with E-state index in [0.29, 0.717) is 5.69 Å². The third kappa shape index (κ3) is 1.79. The molecule has 0 saturated carbocycles. The average Bonchev–Trinajstić information content (AvgIpc) is 2.27. The van der Waals surface area contributed by atoms with Crippen LogP contribution in [0, 0.1) is 6.92 Å². The van der Waals surface area contributed by atoms with Crippen LogP contribution in [0.2, 0.25) is 0 Å². The van der Waals surface area contributed by atoms with Crippen LogP contribution in [0.5, 0.6) is 0 Å². The number of esters is 1. The van der Waals surface area contributed by atoms with Crippen molar-refractivity contribution in [3.05, 3.63) is 35.8 Å². The van der Waals surface area contributed by atoms with Gasteiger partial charge in [-0.1, -0.05) is 6.07 Å². The van der Waals surface area contributed by atoms with E-state index in [4.69, 9.17) is 0 Å². The Kier molecular flexibility index (Phi) is 2.33. The topological polar surface area (TPSA) is 52.1 Å². The summed E-state index contributed by atoms with van der Waals surface area (Å²) in [6, 6.07) is 5.47. The fraction of sp³-hybridized carbons (Fsp3) is 0.182. The van der Waals surface area contributed by atoms with Crippen molar-refractivity contribution in [3.63, 3.8) is 0 Å². The Balaban J connectivity index is 2.57. The summed E-state index contributed by atoms with van der Waals surface area (Å²) in [5.41, 5.74) is 2.01. The first kappa shape index (κ1) is 9.58. The molecule has 15 heavy (non-hydrogen) atoms. The van der Waals surface area contributed by atoms with Crippen LogP contribution in [0.3, 0.4) is 0 Å². The van der Waals surface area contributed by atoms with Gasteiger partial charge in [-0.25, -0.2) is 9.78 Å². The van der Waals surface area contributed by atoms with Gasteiger partial charge in [-0.2, -0.15) is 0 Å². The number of pyridine rings is 2. The number of fused-ring (bicyclic) bond motifs is 1. The summed E-state index contributed by atoms with van der Waals surface area (Å²) in [5.74, 6) is -0.433. The molecule has 2 rings (SSSR count). The van der Waals surface area contributed by atoms with Gasteiger partial charge in [0, 0.05) is 11.1 Å². The quantitative estimate of drug-likeness (QED) is 0.661. The molecular weight excluding hydrogens is 192 g/mol. The number of carbonyl (C=O) groups is 1. The molecule has 0 saturated heterocycles. The maximum Gasteiger partial charge on any atom is 0.356 e. The Labute approximate surface area is 86.9 Å². The third-order valence-electron chi connectivity index (χ3n) is 2.11. The Bertz CT molecular complexity index is 523. The molecule has 0 atom stereocenters. The molecule has 2 aromatic rings. The van der Waals surface area contributed by atoms with E-state index in [-0.39, 0.29) is 0 Å². The molecule has 0 aliphatic rings. The summed E-state index contributed by atoms with van der Waals surface area (Å²) < 4.78 is 4.59. The Hall–Kier alpha value is -1.97. The van der Waals surface area contributed by atoms with Crippen LogP contribution < -0.4 is 0 Å². The minimum atomic E-state index is -0.433. The van der Waals surface area contributed by atoms with Gasteiger partial charge >= 0.3 is 5.97 Å². The molecule has 0 unspecified atom stereocenters. The van der Waals surface area contributed by atoms with Gasteiger partial charge < -0.3 is 4.74 Å². The number of aryl methyl sites for hydroxylation is 1. The lowest BCUT2D eigenvalue weighted by Gasteiger charge is -2.01. The molecule has 0 aliphatic carbocycles. The zero-order chi connectivity index (χ0) is 10.8. The first-order valence-corrected chi connectivity index (χ1v) is 4.52. The molecule has 0 radical (unpaired) electrons. The smallest absolute Gasteiger partial charge is 0.356 e. The summed E-state index contributed by atoms with van der Waals surface area (Å²) in [6.07, 6.45) is 1.58. The van der Waals surface area contributed by atoms with Crippen molar-refractivity contribution < 1.29 is 9.53 Å². The van der Waals surface area contributed by atoms with E-state index in [2.05, 4.69) is 14.7 Å². The molecule has 2 heterocycles. The molecule has 0 aromatic carbocycles. The Morgan fingerprint density at radius 1 is 1.40 bits per heavy atom. The largest absolute Gasteiger partial charge is 0.464 e. The summed E-state index contributed by atoms with van der Waals surface area (Å²) in [4.78, 5) is 19.5. The van der Waals surface area contributed by atoms with Gasteiger partial charge in [0.05, 0.1) is 18.8 Å². The maximum absolute atomic E-state index is 11.2. The van der Waals surface area contributed by atoms with Crippen molar-refractivity contribution in [2.75, 3.05) is 7.11 Å². The highest BCUT2D eigenvalue weighted by Crippen LogP contribution is 2.12. The number of nitrogens with zero attached hydrogens (tertiary/aromatic N) is 2. The van der Waals surface area contributed by atoms with E-state index in [1.807, 2.05) is 19.1 Å². The van der Waals surface area contributed by atoms with Gasteiger partial charge in [0.1, 0.15) is 5.69 Å². The molecule has 0 amide bonds. The highest BCUT2D eigenvalue weighted by atomic mass is 16.5. The van der Waals surface area contributed by atoms with E-state index in [0.717, 1.165) is 16.6 Å². The molecule has 4 nitrogen and oxygen atoms in total. The Morgan fingerprint density at radius 2 is 2.20 bits per heavy atom. The van der Waals surface area contributed by atoms with E-state index >= 15 is 0 Å². The van der Waals surface area contributed by atoms with Crippen molar-refractivity contribution in [1.29, 1.82) is 0 Å². The van der Waals surface area contributed by atoms with Crippen molar-refractivity contribution in [3.8, 4) is 0 Å². The van der Waals surface area contributed by atoms with Crippen LogP contribution in [0.4, 0.5) is 0 Å². The third-order valence-corrected chi connectivity index (χ3v) is 2.11. The predicted molar refractivity (Wildman–Crippen MR) is 55.6 cm³/mol. The van der Waals surface area contributed by atoms with Crippen molar-refractivity contribution >= 4 is 16.9 Å². The summed E-state index contributed by atoms with van der Waals surface area (Å²) in [7, 11) is 1.33. The number of hydrogen-bond donors (Lipinski definition) is 0.